The molecular formula is C26H26N6O2. The highest BCUT2D eigenvalue weighted by atomic mass is 16.5. The summed E-state index contributed by atoms with van der Waals surface area (Å²) in [5.74, 6) is 2.77. The van der Waals surface area contributed by atoms with Crippen LogP contribution in [-0.4, -0.2) is 52.1 Å². The maximum atomic E-state index is 13.0. The highest BCUT2D eigenvalue weighted by molar-refractivity contribution is 5.93. The Balaban J connectivity index is 1.24. The van der Waals surface area contributed by atoms with Crippen LogP contribution in [0.3, 0.4) is 0 Å². The predicted octanol–water partition coefficient (Wildman–Crippen LogP) is 4.45. The number of carbonyl (C=O) groups excluding carboxylic acids is 1. The average Bonchev–Trinajstić information content (AvgIpc) is 3.36. The number of hydrogen-bond donors (Lipinski definition) is 1. The van der Waals surface area contributed by atoms with Crippen molar-refractivity contribution in [3.63, 3.8) is 0 Å². The van der Waals surface area contributed by atoms with Gasteiger partial charge in [-0.15, -0.1) is 0 Å². The quantitative estimate of drug-likeness (QED) is 0.476. The van der Waals surface area contributed by atoms with Gasteiger partial charge in [-0.2, -0.15) is 0 Å². The van der Waals surface area contributed by atoms with Gasteiger partial charge in [0, 0.05) is 49.6 Å². The summed E-state index contributed by atoms with van der Waals surface area (Å²) >= 11 is 0. The summed E-state index contributed by atoms with van der Waals surface area (Å²) in [6.45, 7) is 6.46. The van der Waals surface area contributed by atoms with Crippen molar-refractivity contribution in [2.45, 2.75) is 13.8 Å². The summed E-state index contributed by atoms with van der Waals surface area (Å²) in [5, 5.41) is 7.36. The van der Waals surface area contributed by atoms with Crippen LogP contribution < -0.4 is 10.2 Å². The molecule has 8 heteroatoms. The second-order valence-corrected chi connectivity index (χ2v) is 8.37. The van der Waals surface area contributed by atoms with Crippen molar-refractivity contribution in [3.8, 4) is 11.3 Å². The number of nitrogens with zero attached hydrogens (tertiary/aromatic N) is 5. The van der Waals surface area contributed by atoms with Crippen molar-refractivity contribution in [1.82, 2.24) is 20.0 Å². The van der Waals surface area contributed by atoms with Gasteiger partial charge in [-0.25, -0.2) is 9.97 Å². The Morgan fingerprint density at radius 2 is 1.65 bits per heavy atom. The Kier molecular flexibility index (Phi) is 5.95. The third-order valence-electron chi connectivity index (χ3n) is 5.83. The molecule has 5 rings (SSSR count). The molecule has 4 aromatic rings. The first-order chi connectivity index (χ1) is 16.5. The number of aromatic nitrogens is 3. The summed E-state index contributed by atoms with van der Waals surface area (Å²) in [6, 6.07) is 21.5. The Morgan fingerprint density at radius 3 is 2.38 bits per heavy atom. The molecule has 3 heterocycles. The molecule has 1 aliphatic heterocycles. The molecule has 1 saturated heterocycles. The second-order valence-electron chi connectivity index (χ2n) is 8.37. The Hall–Kier alpha value is -4.20. The maximum absolute atomic E-state index is 13.0. The molecule has 1 amide bonds. The standard InChI is InChI=1S/C26H26N6O2/c1-18-8-10-21(11-9-18)29-24-17-25(28-19(2)27-24)31-12-14-32(15-13-31)26(33)22-16-23(34-30-22)20-6-4-3-5-7-20/h3-11,16-17H,12-15H2,1-2H3,(H,27,28,29). The molecule has 34 heavy (non-hydrogen) atoms. The van der Waals surface area contributed by atoms with Gasteiger partial charge < -0.3 is 19.6 Å². The van der Waals surface area contributed by atoms with Crippen molar-refractivity contribution in [3.05, 3.63) is 83.8 Å². The van der Waals surface area contributed by atoms with E-state index in [-0.39, 0.29) is 5.91 Å². The molecule has 172 valence electrons. The lowest BCUT2D eigenvalue weighted by Crippen LogP contribution is -2.49. The first-order valence-corrected chi connectivity index (χ1v) is 11.3. The van der Waals surface area contributed by atoms with Crippen molar-refractivity contribution in [1.29, 1.82) is 0 Å². The molecule has 0 aliphatic carbocycles. The smallest absolute Gasteiger partial charge is 0.276 e. The molecule has 0 radical (unpaired) electrons. The van der Waals surface area contributed by atoms with Gasteiger partial charge in [0.1, 0.15) is 17.5 Å². The number of anilines is 3. The average molecular weight is 455 g/mol. The molecule has 2 aromatic carbocycles. The van der Waals surface area contributed by atoms with Crippen molar-refractivity contribution in [2.75, 3.05) is 36.4 Å². The van der Waals surface area contributed by atoms with E-state index < -0.39 is 0 Å². The monoisotopic (exact) mass is 454 g/mol. The van der Waals surface area contributed by atoms with Crippen LogP contribution in [0, 0.1) is 13.8 Å². The van der Waals surface area contributed by atoms with Crippen LogP contribution in [0.25, 0.3) is 11.3 Å². The molecule has 0 atom stereocenters. The van der Waals surface area contributed by atoms with E-state index in [0.29, 0.717) is 43.5 Å². The minimum Gasteiger partial charge on any atom is -0.355 e. The van der Waals surface area contributed by atoms with Crippen LogP contribution in [0.4, 0.5) is 17.3 Å². The number of benzene rings is 2. The number of piperazine rings is 1. The predicted molar refractivity (Wildman–Crippen MR) is 131 cm³/mol. The summed E-state index contributed by atoms with van der Waals surface area (Å²) in [6.07, 6.45) is 0. The number of nitrogens with one attached hydrogen (secondary N) is 1. The van der Waals surface area contributed by atoms with Gasteiger partial charge in [0.25, 0.3) is 5.91 Å². The highest BCUT2D eigenvalue weighted by Crippen LogP contribution is 2.23. The number of hydrogen-bond acceptors (Lipinski definition) is 7. The number of rotatable bonds is 5. The van der Waals surface area contributed by atoms with Crippen LogP contribution in [0.15, 0.2) is 71.3 Å². The maximum Gasteiger partial charge on any atom is 0.276 e. The van der Waals surface area contributed by atoms with Gasteiger partial charge in [-0.1, -0.05) is 53.2 Å². The fourth-order valence-electron chi connectivity index (χ4n) is 3.98. The molecule has 8 nitrogen and oxygen atoms in total. The van der Waals surface area contributed by atoms with E-state index in [2.05, 4.69) is 44.4 Å². The second kappa shape index (κ2) is 9.35. The molecule has 1 aliphatic rings. The third-order valence-corrected chi connectivity index (χ3v) is 5.83. The van der Waals surface area contributed by atoms with E-state index in [1.165, 1.54) is 5.56 Å². The number of carbonyl (C=O) groups is 1. The summed E-state index contributed by atoms with van der Waals surface area (Å²) < 4.78 is 5.40. The van der Waals surface area contributed by atoms with Crippen LogP contribution in [0.5, 0.6) is 0 Å². The molecule has 0 saturated carbocycles. The van der Waals surface area contributed by atoms with E-state index in [9.17, 15) is 4.79 Å². The van der Waals surface area contributed by atoms with Gasteiger partial charge in [0.05, 0.1) is 0 Å². The zero-order chi connectivity index (χ0) is 23.5. The normalized spacial score (nSPS) is 13.7. The molecule has 0 bridgehead atoms. The van der Waals surface area contributed by atoms with Crippen molar-refractivity contribution >= 4 is 23.2 Å². The summed E-state index contributed by atoms with van der Waals surface area (Å²) in [5.41, 5.74) is 3.41. The van der Waals surface area contributed by atoms with E-state index in [1.54, 1.807) is 6.07 Å². The first kappa shape index (κ1) is 21.6. The van der Waals surface area contributed by atoms with Crippen molar-refractivity contribution in [2.24, 2.45) is 0 Å². The zero-order valence-electron chi connectivity index (χ0n) is 19.2. The van der Waals surface area contributed by atoms with E-state index in [4.69, 9.17) is 4.52 Å². The van der Waals surface area contributed by atoms with Crippen LogP contribution in [0.1, 0.15) is 21.9 Å². The molecule has 0 spiro atoms. The molecule has 2 aromatic heterocycles. The van der Waals surface area contributed by atoms with E-state index in [1.807, 2.05) is 60.4 Å². The first-order valence-electron chi connectivity index (χ1n) is 11.3. The zero-order valence-corrected chi connectivity index (χ0v) is 19.2. The van der Waals surface area contributed by atoms with Gasteiger partial charge in [-0.3, -0.25) is 4.79 Å². The fraction of sp³-hybridized carbons (Fsp3) is 0.231. The third kappa shape index (κ3) is 4.76. The summed E-state index contributed by atoms with van der Waals surface area (Å²) in [4.78, 5) is 26.1. The topological polar surface area (TPSA) is 87.4 Å². The number of amides is 1. The number of aryl methyl sites for hydroxylation is 2. The lowest BCUT2D eigenvalue weighted by Gasteiger charge is -2.35. The minimum atomic E-state index is -0.119. The van der Waals surface area contributed by atoms with Gasteiger partial charge in [0.2, 0.25) is 0 Å². The lowest BCUT2D eigenvalue weighted by molar-refractivity contribution is 0.0736. The molecule has 0 unspecified atom stereocenters. The Bertz CT molecular complexity index is 1280. The van der Waals surface area contributed by atoms with Gasteiger partial charge in [0.15, 0.2) is 11.5 Å². The molecule has 1 N–H and O–H groups in total. The Morgan fingerprint density at radius 1 is 0.912 bits per heavy atom. The van der Waals surface area contributed by atoms with Crippen LogP contribution in [0.2, 0.25) is 0 Å². The van der Waals surface area contributed by atoms with Crippen LogP contribution >= 0.6 is 0 Å². The molecule has 1 fully saturated rings. The van der Waals surface area contributed by atoms with Crippen molar-refractivity contribution < 1.29 is 9.32 Å². The summed E-state index contributed by atoms with van der Waals surface area (Å²) in [7, 11) is 0. The minimum absolute atomic E-state index is 0.119. The van der Waals surface area contributed by atoms with E-state index >= 15 is 0 Å². The highest BCUT2D eigenvalue weighted by Gasteiger charge is 2.25. The SMILES string of the molecule is Cc1ccc(Nc2cc(N3CCN(C(=O)c4cc(-c5ccccc5)on4)CC3)nc(C)n2)cc1. The van der Waals surface area contributed by atoms with Gasteiger partial charge >= 0.3 is 0 Å². The Labute approximate surface area is 198 Å². The van der Waals surface area contributed by atoms with Crippen LogP contribution in [-0.2, 0) is 0 Å². The largest absolute Gasteiger partial charge is 0.355 e. The van der Waals surface area contributed by atoms with E-state index in [0.717, 1.165) is 22.9 Å². The fourth-order valence-corrected chi connectivity index (χ4v) is 3.98. The van der Waals surface area contributed by atoms with Gasteiger partial charge in [-0.05, 0) is 26.0 Å². The lowest BCUT2D eigenvalue weighted by atomic mass is 10.1. The molecular weight excluding hydrogens is 428 g/mol.